The molecular weight excluding hydrogens is 508 g/mol. The van der Waals surface area contributed by atoms with Crippen molar-refractivity contribution in [2.24, 2.45) is 5.73 Å². The number of nitrogens with zero attached hydrogens (tertiary/aromatic N) is 5. The van der Waals surface area contributed by atoms with Crippen LogP contribution in [0.1, 0.15) is 57.7 Å². The number of hydrogen-bond donors (Lipinski definition) is 3. The van der Waals surface area contributed by atoms with Gasteiger partial charge in [0.25, 0.3) is 5.91 Å². The predicted octanol–water partition coefficient (Wildman–Crippen LogP) is 2.35. The molecule has 218 valence electrons. The van der Waals surface area contributed by atoms with E-state index in [2.05, 4.69) is 15.6 Å². The Morgan fingerprint density at radius 1 is 1.15 bits per heavy atom. The van der Waals surface area contributed by atoms with Crippen molar-refractivity contribution < 1.29 is 22.6 Å². The van der Waals surface area contributed by atoms with Gasteiger partial charge in [0.15, 0.2) is 17.3 Å². The number of hydrogen-bond acceptors (Lipinski definition) is 8. The number of carbonyl (C=O) groups is 3. The molecular formula is C29H44N8O3. The van der Waals surface area contributed by atoms with Crippen LogP contribution in [0.5, 0.6) is 0 Å². The number of aromatic nitrogens is 2. The van der Waals surface area contributed by atoms with Crippen molar-refractivity contribution in [3.8, 4) is 0 Å². The Labute approximate surface area is 246 Å². The Hall–Kier alpha value is -3.99. The molecule has 2 rings (SSSR count). The Kier molecular flexibility index (Phi) is 8.93. The summed E-state index contributed by atoms with van der Waals surface area (Å²) in [5.74, 6) is -0.832. The van der Waals surface area contributed by atoms with Gasteiger partial charge in [-0.15, -0.1) is 0 Å². The molecule has 40 heavy (non-hydrogen) atoms. The molecule has 0 fully saturated rings. The molecule has 3 amide bonds. The number of likely N-dealkylation sites (N-methyl/N-ethyl adjacent to an activating group) is 2. The summed E-state index contributed by atoms with van der Waals surface area (Å²) >= 11 is 0. The van der Waals surface area contributed by atoms with E-state index in [0.29, 0.717) is 34.9 Å². The van der Waals surface area contributed by atoms with Crippen LogP contribution in [0.4, 0.5) is 17.3 Å². The molecule has 1 atom stereocenters. The van der Waals surface area contributed by atoms with Crippen molar-refractivity contribution in [1.82, 2.24) is 25.1 Å². The molecule has 0 saturated carbocycles. The van der Waals surface area contributed by atoms with Crippen LogP contribution < -0.4 is 21.3 Å². The first-order valence-electron chi connectivity index (χ1n) is 16.1. The molecule has 0 radical (unpaired) electrons. The minimum Gasteiger partial charge on any atom is -0.364 e. The van der Waals surface area contributed by atoms with Gasteiger partial charge >= 0.3 is 0 Å². The zero-order chi connectivity index (χ0) is 35.0. The van der Waals surface area contributed by atoms with E-state index in [1.165, 1.54) is 14.0 Å². The van der Waals surface area contributed by atoms with Crippen LogP contribution in [0, 0.1) is 0 Å². The fourth-order valence-corrected chi connectivity index (χ4v) is 3.65. The first-order chi connectivity index (χ1) is 21.3. The number of nitrogens with one attached hydrogen (secondary N) is 2. The highest BCUT2D eigenvalue weighted by Crippen LogP contribution is 2.25. The molecule has 0 bridgehead atoms. The summed E-state index contributed by atoms with van der Waals surface area (Å²) in [4.78, 5) is 50.2. The van der Waals surface area contributed by atoms with Gasteiger partial charge in [0.2, 0.25) is 11.8 Å². The van der Waals surface area contributed by atoms with Gasteiger partial charge in [-0.1, -0.05) is 25.1 Å². The van der Waals surface area contributed by atoms with E-state index in [4.69, 9.17) is 18.9 Å². The fourth-order valence-electron chi connectivity index (χ4n) is 3.65. The number of aryl methyl sites for hydroxylation is 1. The highest BCUT2D eigenvalue weighted by molar-refractivity contribution is 5.96. The van der Waals surface area contributed by atoms with Gasteiger partial charge in [-0.3, -0.25) is 14.4 Å². The lowest BCUT2D eigenvalue weighted by Crippen LogP contribution is -2.45. The first kappa shape index (κ1) is 23.9. The molecule has 0 saturated heterocycles. The second kappa shape index (κ2) is 15.0. The monoisotopic (exact) mass is 558 g/mol. The van der Waals surface area contributed by atoms with Crippen LogP contribution in [-0.2, 0) is 22.4 Å². The van der Waals surface area contributed by atoms with E-state index in [-0.39, 0.29) is 24.1 Å². The zero-order valence-corrected chi connectivity index (χ0v) is 24.0. The molecule has 1 unspecified atom stereocenters. The van der Waals surface area contributed by atoms with Gasteiger partial charge in [-0.2, -0.15) is 0 Å². The maximum absolute atomic E-state index is 12.8. The van der Waals surface area contributed by atoms with Crippen molar-refractivity contribution in [2.45, 2.75) is 52.6 Å². The molecule has 1 aromatic heterocycles. The van der Waals surface area contributed by atoms with Crippen LogP contribution in [0.2, 0.25) is 0 Å². The van der Waals surface area contributed by atoms with Crippen LogP contribution in [-0.4, -0.2) is 90.7 Å². The number of carbonyl (C=O) groups excluding carboxylic acids is 3. The van der Waals surface area contributed by atoms with E-state index in [0.717, 1.165) is 22.6 Å². The molecule has 11 heteroatoms. The standard InChI is InChI=1S/C29H44N8O3/c1-9-23-28(36(7)19(2)3)34-27(25(33-23)26(30)39)32-22-13-10-12-21(18-22)15-16-31-29(40)20(4)37(8)24(38)14-11-17-35(5)6/h10-14,18-20H,9,15-17H2,1-8H3,(H2,30,39)(H,31,40)(H,32,34)/b14-11+/i5D3,6D3. The number of anilines is 3. The minimum atomic E-state index is -2.87. The average molecular weight is 559 g/mol. The summed E-state index contributed by atoms with van der Waals surface area (Å²) in [6.45, 7) is 1.53. The molecule has 1 heterocycles. The first-order valence-corrected chi connectivity index (χ1v) is 13.1. The highest BCUT2D eigenvalue weighted by atomic mass is 16.2. The van der Waals surface area contributed by atoms with Crippen molar-refractivity contribution in [2.75, 3.05) is 51.4 Å². The van der Waals surface area contributed by atoms with E-state index in [9.17, 15) is 14.4 Å². The maximum atomic E-state index is 12.8. The van der Waals surface area contributed by atoms with Gasteiger partial charge in [0.1, 0.15) is 6.04 Å². The summed E-state index contributed by atoms with van der Waals surface area (Å²) in [6.07, 6.45) is 3.21. The van der Waals surface area contributed by atoms with Gasteiger partial charge in [-0.05, 0) is 65.3 Å². The van der Waals surface area contributed by atoms with Crippen molar-refractivity contribution in [3.63, 3.8) is 0 Å². The molecule has 0 aliphatic heterocycles. The third-order valence-corrected chi connectivity index (χ3v) is 6.38. The summed E-state index contributed by atoms with van der Waals surface area (Å²) < 4.78 is 44.3. The second-order valence-electron chi connectivity index (χ2n) is 9.62. The Balaban J connectivity index is 2.05. The van der Waals surface area contributed by atoms with Gasteiger partial charge in [-0.25, -0.2) is 9.97 Å². The molecule has 11 nitrogen and oxygen atoms in total. The third-order valence-electron chi connectivity index (χ3n) is 6.38. The number of amides is 3. The van der Waals surface area contributed by atoms with Gasteiger partial charge in [0.05, 0.1) is 5.69 Å². The van der Waals surface area contributed by atoms with Crippen molar-refractivity contribution in [1.29, 1.82) is 0 Å². The minimum absolute atomic E-state index is 0.0322. The Bertz CT molecular complexity index is 1400. The van der Waals surface area contributed by atoms with Crippen LogP contribution in [0.3, 0.4) is 0 Å². The topological polar surface area (TPSA) is 137 Å². The zero-order valence-electron chi connectivity index (χ0n) is 30.0. The predicted molar refractivity (Wildman–Crippen MR) is 160 cm³/mol. The smallest absolute Gasteiger partial charge is 0.271 e. The lowest BCUT2D eigenvalue weighted by Gasteiger charge is -2.25. The Morgan fingerprint density at radius 2 is 1.88 bits per heavy atom. The van der Waals surface area contributed by atoms with Gasteiger partial charge in [0, 0.05) is 53.2 Å². The number of rotatable bonds is 14. The van der Waals surface area contributed by atoms with E-state index in [1.54, 1.807) is 6.07 Å². The lowest BCUT2D eigenvalue weighted by atomic mass is 10.1. The number of benzene rings is 1. The average Bonchev–Trinajstić information content (AvgIpc) is 2.96. The molecule has 0 aliphatic rings. The molecule has 2 aromatic rings. The molecule has 1 aromatic carbocycles. The summed E-state index contributed by atoms with van der Waals surface area (Å²) in [5, 5.41) is 5.95. The molecule has 4 N–H and O–H groups in total. The van der Waals surface area contributed by atoms with Crippen molar-refractivity contribution in [3.05, 3.63) is 53.4 Å². The van der Waals surface area contributed by atoms with Crippen LogP contribution in [0.25, 0.3) is 0 Å². The SMILES string of the molecule is [2H]C([2H])([2H])N(C/C=C/C(=O)N(C)C(C)C(=O)NCCc1cccc(Nc2nc(N(C)C(C)C)c(CC)nc2C(N)=O)c1)C([2H])([2H])[2H]. The normalized spacial score (nSPS) is 14.9. The summed E-state index contributed by atoms with van der Waals surface area (Å²) in [5.41, 5.74) is 7.83. The number of nitrogens with two attached hydrogens (primary N) is 1. The second-order valence-corrected chi connectivity index (χ2v) is 9.62. The largest absolute Gasteiger partial charge is 0.364 e. The molecule has 0 spiro atoms. The van der Waals surface area contributed by atoms with E-state index < -0.39 is 44.3 Å². The fraction of sp³-hybridized carbons (Fsp3) is 0.483. The summed E-state index contributed by atoms with van der Waals surface area (Å²) in [7, 11) is 3.32. The van der Waals surface area contributed by atoms with Crippen LogP contribution in [0.15, 0.2) is 36.4 Å². The van der Waals surface area contributed by atoms with Crippen LogP contribution >= 0.6 is 0 Å². The maximum Gasteiger partial charge on any atom is 0.271 e. The summed E-state index contributed by atoms with van der Waals surface area (Å²) in [6, 6.07) is 6.64. The lowest BCUT2D eigenvalue weighted by molar-refractivity contribution is -0.135. The van der Waals surface area contributed by atoms with Gasteiger partial charge < -0.3 is 31.1 Å². The Morgan fingerprint density at radius 3 is 2.50 bits per heavy atom. The van der Waals surface area contributed by atoms with Crippen molar-refractivity contribution >= 4 is 35.0 Å². The van der Waals surface area contributed by atoms with E-state index in [1.807, 2.05) is 50.9 Å². The number of primary amides is 1. The molecule has 0 aliphatic carbocycles. The third kappa shape index (κ3) is 9.04. The van der Waals surface area contributed by atoms with E-state index >= 15 is 0 Å². The highest BCUT2D eigenvalue weighted by Gasteiger charge is 2.22. The quantitative estimate of drug-likeness (QED) is 0.301.